The number of ether oxygens (including phenoxy) is 1. The molecule has 1 fully saturated rings. The van der Waals surface area contributed by atoms with Crippen LogP contribution in [0.1, 0.15) is 53.1 Å². The molecule has 3 rings (SSSR count). The summed E-state index contributed by atoms with van der Waals surface area (Å²) in [7, 11) is 3.92. The first-order chi connectivity index (χ1) is 11.3. The van der Waals surface area contributed by atoms with Gasteiger partial charge in [0.15, 0.2) is 0 Å². The van der Waals surface area contributed by atoms with Gasteiger partial charge in [0.1, 0.15) is 0 Å². The van der Waals surface area contributed by atoms with Gasteiger partial charge in [0.2, 0.25) is 0 Å². The van der Waals surface area contributed by atoms with Crippen molar-refractivity contribution in [3.8, 4) is 0 Å². The molecule has 2 aromatic heterocycles. The van der Waals surface area contributed by atoms with E-state index >= 15 is 0 Å². The van der Waals surface area contributed by atoms with Crippen molar-refractivity contribution in [1.82, 2.24) is 9.88 Å². The zero-order valence-electron chi connectivity index (χ0n) is 14.1. The normalized spacial score (nSPS) is 17.0. The lowest BCUT2D eigenvalue weighted by atomic mass is 10.1. The SMILES string of the molecule is COC[C@H](c1ccccn1)N(C)Cc1ccc(C2CCCC2)s1. The third-order valence-electron chi connectivity index (χ3n) is 4.73. The number of aromatic nitrogens is 1. The minimum Gasteiger partial charge on any atom is -0.383 e. The van der Waals surface area contributed by atoms with Gasteiger partial charge in [-0.15, -0.1) is 11.3 Å². The van der Waals surface area contributed by atoms with E-state index < -0.39 is 0 Å². The van der Waals surface area contributed by atoms with Crippen LogP contribution in [0.2, 0.25) is 0 Å². The Morgan fingerprint density at radius 2 is 2.09 bits per heavy atom. The van der Waals surface area contributed by atoms with E-state index in [2.05, 4.69) is 35.1 Å². The number of hydrogen-bond acceptors (Lipinski definition) is 4. The van der Waals surface area contributed by atoms with E-state index in [1.807, 2.05) is 29.7 Å². The van der Waals surface area contributed by atoms with Crippen LogP contribution in [-0.2, 0) is 11.3 Å². The standard InChI is InChI=1S/C19H26N2OS/c1-21(18(14-22-2)17-9-5-6-12-20-17)13-16-10-11-19(23-16)15-7-3-4-8-15/h5-6,9-12,15,18H,3-4,7-8,13-14H2,1-2H3/t18-/m1/s1. The van der Waals surface area contributed by atoms with Gasteiger partial charge in [-0.3, -0.25) is 9.88 Å². The molecule has 0 saturated heterocycles. The summed E-state index contributed by atoms with van der Waals surface area (Å²) < 4.78 is 5.43. The van der Waals surface area contributed by atoms with Crippen LogP contribution in [0.4, 0.5) is 0 Å². The summed E-state index contributed by atoms with van der Waals surface area (Å²) in [5.41, 5.74) is 1.07. The van der Waals surface area contributed by atoms with E-state index in [1.165, 1.54) is 30.6 Å². The Kier molecular flexibility index (Phi) is 5.81. The van der Waals surface area contributed by atoms with Crippen molar-refractivity contribution < 1.29 is 4.74 Å². The first kappa shape index (κ1) is 16.6. The van der Waals surface area contributed by atoms with Crippen LogP contribution in [0, 0.1) is 0 Å². The third kappa shape index (κ3) is 4.19. The maximum atomic E-state index is 5.43. The molecule has 1 saturated carbocycles. The van der Waals surface area contributed by atoms with E-state index in [1.54, 1.807) is 12.0 Å². The van der Waals surface area contributed by atoms with Gasteiger partial charge in [0.25, 0.3) is 0 Å². The smallest absolute Gasteiger partial charge is 0.0758 e. The van der Waals surface area contributed by atoms with E-state index in [-0.39, 0.29) is 6.04 Å². The molecule has 0 amide bonds. The fourth-order valence-corrected chi connectivity index (χ4v) is 4.68. The van der Waals surface area contributed by atoms with E-state index in [0.717, 1.165) is 18.2 Å². The second-order valence-electron chi connectivity index (χ2n) is 6.43. The van der Waals surface area contributed by atoms with Crippen molar-refractivity contribution in [3.05, 3.63) is 52.0 Å². The topological polar surface area (TPSA) is 25.4 Å². The number of likely N-dealkylation sites (N-methyl/N-ethyl adjacent to an activating group) is 1. The van der Waals surface area contributed by atoms with Gasteiger partial charge in [0, 0.05) is 29.6 Å². The molecule has 1 aliphatic rings. The molecule has 0 spiro atoms. The van der Waals surface area contributed by atoms with E-state index in [4.69, 9.17) is 4.74 Å². The lowest BCUT2D eigenvalue weighted by Gasteiger charge is -2.26. The van der Waals surface area contributed by atoms with Crippen LogP contribution in [-0.4, -0.2) is 30.6 Å². The molecule has 3 nitrogen and oxygen atoms in total. The summed E-state index contributed by atoms with van der Waals surface area (Å²) >= 11 is 1.99. The predicted molar refractivity (Wildman–Crippen MR) is 95.8 cm³/mol. The summed E-state index contributed by atoms with van der Waals surface area (Å²) in [5, 5.41) is 0. The first-order valence-electron chi connectivity index (χ1n) is 8.46. The molecule has 1 aliphatic carbocycles. The largest absolute Gasteiger partial charge is 0.383 e. The highest BCUT2D eigenvalue weighted by Gasteiger charge is 2.21. The fourth-order valence-electron chi connectivity index (χ4n) is 3.43. The van der Waals surface area contributed by atoms with Gasteiger partial charge >= 0.3 is 0 Å². The molecule has 0 bridgehead atoms. The number of nitrogens with zero attached hydrogens (tertiary/aromatic N) is 2. The van der Waals surface area contributed by atoms with Crippen molar-refractivity contribution in [2.75, 3.05) is 20.8 Å². The van der Waals surface area contributed by atoms with Gasteiger partial charge < -0.3 is 4.74 Å². The zero-order chi connectivity index (χ0) is 16.1. The number of methoxy groups -OCH3 is 1. The molecule has 2 heterocycles. The van der Waals surface area contributed by atoms with Crippen LogP contribution >= 0.6 is 11.3 Å². The third-order valence-corrected chi connectivity index (χ3v) is 5.96. The maximum absolute atomic E-state index is 5.43. The second kappa shape index (κ2) is 8.04. The van der Waals surface area contributed by atoms with Gasteiger partial charge in [-0.1, -0.05) is 18.9 Å². The summed E-state index contributed by atoms with van der Waals surface area (Å²) in [4.78, 5) is 9.87. The molecule has 0 aliphatic heterocycles. The molecule has 124 valence electrons. The number of hydrogen-bond donors (Lipinski definition) is 0. The summed E-state index contributed by atoms with van der Waals surface area (Å²) in [6.45, 7) is 1.61. The minimum absolute atomic E-state index is 0.193. The van der Waals surface area contributed by atoms with Gasteiger partial charge in [-0.05, 0) is 50.1 Å². The Labute approximate surface area is 143 Å². The Morgan fingerprint density at radius 1 is 1.26 bits per heavy atom. The average Bonchev–Trinajstić information content (AvgIpc) is 3.24. The highest BCUT2D eigenvalue weighted by atomic mass is 32.1. The van der Waals surface area contributed by atoms with Crippen LogP contribution in [0.25, 0.3) is 0 Å². The molecule has 0 radical (unpaired) electrons. The number of thiophene rings is 1. The highest BCUT2D eigenvalue weighted by Crippen LogP contribution is 2.38. The Balaban J connectivity index is 1.67. The summed E-state index contributed by atoms with van der Waals surface area (Å²) in [6, 6.07) is 10.9. The van der Waals surface area contributed by atoms with Gasteiger partial charge in [-0.25, -0.2) is 0 Å². The van der Waals surface area contributed by atoms with Crippen LogP contribution in [0.15, 0.2) is 36.5 Å². The fraction of sp³-hybridized carbons (Fsp3) is 0.526. The molecule has 1 atom stereocenters. The molecule has 0 unspecified atom stereocenters. The highest BCUT2D eigenvalue weighted by molar-refractivity contribution is 7.12. The molecule has 0 aromatic carbocycles. The first-order valence-corrected chi connectivity index (χ1v) is 9.28. The van der Waals surface area contributed by atoms with Crippen molar-refractivity contribution in [1.29, 1.82) is 0 Å². The van der Waals surface area contributed by atoms with Crippen LogP contribution in [0.3, 0.4) is 0 Å². The quantitative estimate of drug-likeness (QED) is 0.740. The van der Waals surface area contributed by atoms with Crippen LogP contribution in [0.5, 0.6) is 0 Å². The van der Waals surface area contributed by atoms with Crippen LogP contribution < -0.4 is 0 Å². The van der Waals surface area contributed by atoms with Gasteiger partial charge in [0.05, 0.1) is 18.3 Å². The zero-order valence-corrected chi connectivity index (χ0v) is 14.9. The molecule has 0 N–H and O–H groups in total. The lowest BCUT2D eigenvalue weighted by Crippen LogP contribution is -2.28. The van der Waals surface area contributed by atoms with Crippen molar-refractivity contribution in [2.45, 2.75) is 44.2 Å². The van der Waals surface area contributed by atoms with E-state index in [0.29, 0.717) is 6.61 Å². The molecular weight excluding hydrogens is 304 g/mol. The molecule has 2 aromatic rings. The molecule has 23 heavy (non-hydrogen) atoms. The molecule has 4 heteroatoms. The number of pyridine rings is 1. The molecular formula is C19H26N2OS. The summed E-state index contributed by atoms with van der Waals surface area (Å²) in [6.07, 6.45) is 7.39. The Hall–Kier alpha value is -1.23. The minimum atomic E-state index is 0.193. The Bertz CT molecular complexity index is 592. The lowest BCUT2D eigenvalue weighted by molar-refractivity contribution is 0.101. The predicted octanol–water partition coefficient (Wildman–Crippen LogP) is 4.62. The maximum Gasteiger partial charge on any atom is 0.0758 e. The summed E-state index contributed by atoms with van der Waals surface area (Å²) in [5.74, 6) is 0.810. The van der Waals surface area contributed by atoms with Crippen molar-refractivity contribution in [3.63, 3.8) is 0 Å². The number of rotatable bonds is 7. The second-order valence-corrected chi connectivity index (χ2v) is 7.63. The van der Waals surface area contributed by atoms with Gasteiger partial charge in [-0.2, -0.15) is 0 Å². The Morgan fingerprint density at radius 3 is 2.78 bits per heavy atom. The van der Waals surface area contributed by atoms with Crippen molar-refractivity contribution in [2.24, 2.45) is 0 Å². The van der Waals surface area contributed by atoms with E-state index in [9.17, 15) is 0 Å². The monoisotopic (exact) mass is 330 g/mol. The average molecular weight is 330 g/mol. The van der Waals surface area contributed by atoms with Crippen molar-refractivity contribution >= 4 is 11.3 Å².